The van der Waals surface area contributed by atoms with E-state index in [2.05, 4.69) is 27.4 Å². The van der Waals surface area contributed by atoms with Crippen molar-refractivity contribution in [1.29, 1.82) is 0 Å². The Labute approximate surface area is 168 Å². The SMILES string of the molecule is COC(=O)c1cccc(C#Cc2cccc(NC(=O)N(C)Cc3ccn[nH]3)c2)c1. The molecule has 0 aliphatic heterocycles. The molecule has 7 nitrogen and oxygen atoms in total. The number of aromatic nitrogens is 2. The minimum atomic E-state index is -0.405. The molecule has 2 N–H and O–H groups in total. The molecule has 0 unspecified atom stereocenters. The molecule has 0 spiro atoms. The Hall–Kier alpha value is -4.05. The Bertz CT molecular complexity index is 1060. The van der Waals surface area contributed by atoms with Gasteiger partial charge < -0.3 is 15.0 Å². The lowest BCUT2D eigenvalue weighted by atomic mass is 10.1. The minimum absolute atomic E-state index is 0.240. The molecule has 1 heterocycles. The second-order valence-electron chi connectivity index (χ2n) is 6.27. The summed E-state index contributed by atoms with van der Waals surface area (Å²) in [6.45, 7) is 0.419. The van der Waals surface area contributed by atoms with Crippen LogP contribution in [0.15, 0.2) is 60.8 Å². The van der Waals surface area contributed by atoms with Crippen molar-refractivity contribution in [3.05, 3.63) is 83.2 Å². The van der Waals surface area contributed by atoms with Gasteiger partial charge in [0.2, 0.25) is 0 Å². The number of hydrogen-bond acceptors (Lipinski definition) is 4. The highest BCUT2D eigenvalue weighted by Gasteiger charge is 2.10. The largest absolute Gasteiger partial charge is 0.465 e. The number of amides is 2. The molecule has 29 heavy (non-hydrogen) atoms. The van der Waals surface area contributed by atoms with Crippen LogP contribution in [0.1, 0.15) is 27.2 Å². The third-order valence-electron chi connectivity index (χ3n) is 4.06. The smallest absolute Gasteiger partial charge is 0.337 e. The van der Waals surface area contributed by atoms with Crippen LogP contribution in [0, 0.1) is 11.8 Å². The van der Waals surface area contributed by atoms with Crippen molar-refractivity contribution in [2.24, 2.45) is 0 Å². The number of rotatable bonds is 4. The van der Waals surface area contributed by atoms with Crippen LogP contribution in [-0.4, -0.2) is 41.3 Å². The van der Waals surface area contributed by atoms with E-state index in [4.69, 9.17) is 4.74 Å². The maximum Gasteiger partial charge on any atom is 0.337 e. The lowest BCUT2D eigenvalue weighted by Gasteiger charge is -2.17. The van der Waals surface area contributed by atoms with Gasteiger partial charge in [-0.1, -0.05) is 24.0 Å². The number of benzene rings is 2. The molecule has 0 atom stereocenters. The summed E-state index contributed by atoms with van der Waals surface area (Å²) < 4.78 is 4.72. The fraction of sp³-hybridized carbons (Fsp3) is 0.136. The second kappa shape index (κ2) is 9.24. The van der Waals surface area contributed by atoms with Crippen molar-refractivity contribution in [2.75, 3.05) is 19.5 Å². The molecule has 0 saturated carbocycles. The first-order valence-electron chi connectivity index (χ1n) is 8.86. The molecule has 0 fully saturated rings. The number of H-pyrrole nitrogens is 1. The van der Waals surface area contributed by atoms with E-state index < -0.39 is 5.97 Å². The fourth-order valence-electron chi connectivity index (χ4n) is 2.58. The molecule has 0 bridgehead atoms. The lowest BCUT2D eigenvalue weighted by molar-refractivity contribution is 0.0600. The van der Waals surface area contributed by atoms with E-state index >= 15 is 0 Å². The molecule has 0 aliphatic carbocycles. The minimum Gasteiger partial charge on any atom is -0.465 e. The van der Waals surface area contributed by atoms with Crippen LogP contribution in [0.3, 0.4) is 0 Å². The topological polar surface area (TPSA) is 87.3 Å². The molecule has 0 aliphatic rings. The summed E-state index contributed by atoms with van der Waals surface area (Å²) in [6.07, 6.45) is 1.64. The number of carbonyl (C=O) groups excluding carboxylic acids is 2. The zero-order valence-corrected chi connectivity index (χ0v) is 16.1. The number of nitrogens with zero attached hydrogens (tertiary/aromatic N) is 2. The number of anilines is 1. The molecule has 1 aromatic heterocycles. The molecule has 7 heteroatoms. The molecule has 2 aromatic carbocycles. The molecule has 2 amide bonds. The average molecular weight is 388 g/mol. The molecule has 3 aromatic rings. The monoisotopic (exact) mass is 388 g/mol. The van der Waals surface area contributed by atoms with Crippen molar-refractivity contribution in [2.45, 2.75) is 6.54 Å². The highest BCUT2D eigenvalue weighted by molar-refractivity contribution is 5.90. The molecular weight excluding hydrogens is 368 g/mol. The molecular formula is C22H20N4O3. The number of hydrogen-bond donors (Lipinski definition) is 2. The third kappa shape index (κ3) is 5.47. The van der Waals surface area contributed by atoms with Gasteiger partial charge >= 0.3 is 12.0 Å². The third-order valence-corrected chi connectivity index (χ3v) is 4.06. The van der Waals surface area contributed by atoms with E-state index in [-0.39, 0.29) is 6.03 Å². The van der Waals surface area contributed by atoms with Crippen molar-refractivity contribution in [3.8, 4) is 11.8 Å². The predicted octanol–water partition coefficient (Wildman–Crippen LogP) is 3.26. The Morgan fingerprint density at radius 1 is 1.10 bits per heavy atom. The number of nitrogens with one attached hydrogen (secondary N) is 2. The van der Waals surface area contributed by atoms with E-state index in [9.17, 15) is 9.59 Å². The standard InChI is InChI=1S/C22H20N4O3/c1-26(15-20-11-12-23-25-20)22(28)24-19-8-4-6-17(14-19)10-9-16-5-3-7-18(13-16)21(27)29-2/h3-8,11-14H,15H2,1-2H3,(H,23,25)(H,24,28). The summed E-state index contributed by atoms with van der Waals surface area (Å²) in [4.78, 5) is 25.5. The zero-order valence-electron chi connectivity index (χ0n) is 16.1. The van der Waals surface area contributed by atoms with Crippen LogP contribution >= 0.6 is 0 Å². The molecule has 0 saturated heterocycles. The van der Waals surface area contributed by atoms with E-state index in [1.54, 1.807) is 48.5 Å². The Kier molecular flexibility index (Phi) is 6.28. The van der Waals surface area contributed by atoms with Gasteiger partial charge in [-0.25, -0.2) is 9.59 Å². The highest BCUT2D eigenvalue weighted by atomic mass is 16.5. The first-order chi connectivity index (χ1) is 14.0. The Morgan fingerprint density at radius 3 is 2.52 bits per heavy atom. The van der Waals surface area contributed by atoms with Gasteiger partial charge in [0.05, 0.1) is 24.9 Å². The first kappa shape index (κ1) is 19.7. The maximum atomic E-state index is 12.4. The summed E-state index contributed by atoms with van der Waals surface area (Å²) in [6, 6.07) is 15.7. The van der Waals surface area contributed by atoms with Crippen LogP contribution in [0.5, 0.6) is 0 Å². The van der Waals surface area contributed by atoms with Gasteiger partial charge in [0.25, 0.3) is 0 Å². The summed E-state index contributed by atoms with van der Waals surface area (Å²) >= 11 is 0. The molecule has 146 valence electrons. The Balaban J connectivity index is 1.68. The van der Waals surface area contributed by atoms with E-state index in [0.717, 1.165) is 11.3 Å². The van der Waals surface area contributed by atoms with Crippen molar-refractivity contribution >= 4 is 17.7 Å². The normalized spacial score (nSPS) is 9.86. The average Bonchev–Trinajstić information content (AvgIpc) is 3.25. The van der Waals surface area contributed by atoms with Crippen LogP contribution < -0.4 is 5.32 Å². The van der Waals surface area contributed by atoms with Gasteiger partial charge in [-0.2, -0.15) is 5.10 Å². The van der Waals surface area contributed by atoms with Gasteiger partial charge in [-0.3, -0.25) is 5.10 Å². The van der Waals surface area contributed by atoms with Crippen LogP contribution in [-0.2, 0) is 11.3 Å². The fourth-order valence-corrected chi connectivity index (χ4v) is 2.58. The number of carbonyl (C=O) groups is 2. The number of esters is 1. The number of aromatic amines is 1. The predicted molar refractivity (Wildman–Crippen MR) is 109 cm³/mol. The maximum absolute atomic E-state index is 12.4. The van der Waals surface area contributed by atoms with E-state index in [1.165, 1.54) is 7.11 Å². The highest BCUT2D eigenvalue weighted by Crippen LogP contribution is 2.12. The summed E-state index contributed by atoms with van der Waals surface area (Å²) in [5, 5.41) is 9.54. The molecule has 3 rings (SSSR count). The van der Waals surface area contributed by atoms with Crippen molar-refractivity contribution < 1.29 is 14.3 Å². The van der Waals surface area contributed by atoms with Crippen LogP contribution in [0.2, 0.25) is 0 Å². The number of methoxy groups -OCH3 is 1. The summed E-state index contributed by atoms with van der Waals surface area (Å²) in [7, 11) is 3.04. The van der Waals surface area contributed by atoms with Crippen molar-refractivity contribution in [1.82, 2.24) is 15.1 Å². The summed E-state index contributed by atoms with van der Waals surface area (Å²) in [5.41, 5.74) is 3.36. The lowest BCUT2D eigenvalue weighted by Crippen LogP contribution is -2.30. The zero-order chi connectivity index (χ0) is 20.6. The second-order valence-corrected chi connectivity index (χ2v) is 6.27. The van der Waals surface area contributed by atoms with E-state index in [0.29, 0.717) is 23.4 Å². The summed E-state index contributed by atoms with van der Waals surface area (Å²) in [5.74, 6) is 5.66. The first-order valence-corrected chi connectivity index (χ1v) is 8.86. The van der Waals surface area contributed by atoms with Crippen LogP contribution in [0.4, 0.5) is 10.5 Å². The number of urea groups is 1. The van der Waals surface area contributed by atoms with Gasteiger partial charge in [-0.15, -0.1) is 0 Å². The quantitative estimate of drug-likeness (QED) is 0.531. The number of ether oxygens (including phenoxy) is 1. The molecule has 0 radical (unpaired) electrons. The van der Waals surface area contributed by atoms with Gasteiger partial charge in [0.1, 0.15) is 0 Å². The van der Waals surface area contributed by atoms with Gasteiger partial charge in [0.15, 0.2) is 0 Å². The van der Waals surface area contributed by atoms with Gasteiger partial charge in [-0.05, 0) is 42.5 Å². The van der Waals surface area contributed by atoms with Gasteiger partial charge in [0, 0.05) is 30.1 Å². The Morgan fingerprint density at radius 2 is 1.83 bits per heavy atom. The van der Waals surface area contributed by atoms with E-state index in [1.807, 2.05) is 24.3 Å². The van der Waals surface area contributed by atoms with Crippen LogP contribution in [0.25, 0.3) is 0 Å². The van der Waals surface area contributed by atoms with Crippen molar-refractivity contribution in [3.63, 3.8) is 0 Å².